The fourth-order valence-electron chi connectivity index (χ4n) is 2.17. The Kier molecular flexibility index (Phi) is 2.74. The van der Waals surface area contributed by atoms with Gasteiger partial charge in [0.05, 0.1) is 0 Å². The van der Waals surface area contributed by atoms with Crippen LogP contribution < -0.4 is 0 Å². The molecule has 0 bridgehead atoms. The van der Waals surface area contributed by atoms with E-state index in [4.69, 9.17) is 0 Å². The molecule has 0 radical (unpaired) electrons. The lowest BCUT2D eigenvalue weighted by Crippen LogP contribution is -2.42. The Morgan fingerprint density at radius 3 is 2.62 bits per heavy atom. The maximum Gasteiger partial charge on any atom is 0.236 e. The van der Waals surface area contributed by atoms with Gasteiger partial charge in [-0.3, -0.25) is 10.1 Å². The molecule has 74 valence electrons. The van der Waals surface area contributed by atoms with Crippen LogP contribution in [0.15, 0.2) is 0 Å². The van der Waals surface area contributed by atoms with Crippen molar-refractivity contribution >= 4 is 23.5 Å². The summed E-state index contributed by atoms with van der Waals surface area (Å²) < 4.78 is -0.0538. The molecule has 3 nitrogen and oxygen atoms in total. The molecule has 1 unspecified atom stereocenters. The van der Waals surface area contributed by atoms with E-state index >= 15 is 0 Å². The zero-order valence-corrected chi connectivity index (χ0v) is 9.03. The first-order chi connectivity index (χ1) is 6.25. The highest BCUT2D eigenvalue weighted by molar-refractivity contribution is 8.21. The summed E-state index contributed by atoms with van der Waals surface area (Å²) in [7, 11) is 0. The second-order valence-electron chi connectivity index (χ2n) is 3.56. The maximum atomic E-state index is 10.9. The summed E-state index contributed by atoms with van der Waals surface area (Å²) in [6.07, 6.45) is 4.03. The topological polar surface area (TPSA) is 43.1 Å². The molecule has 1 spiro atoms. The normalized spacial score (nSPS) is 32.2. The van der Waals surface area contributed by atoms with E-state index in [1.165, 1.54) is 6.42 Å². The third-order valence-corrected chi connectivity index (χ3v) is 6.50. The first kappa shape index (κ1) is 9.65. The van der Waals surface area contributed by atoms with E-state index in [9.17, 15) is 10.1 Å². The SMILES string of the molecule is O=[N+]([O-])C1CCCCC12SCCS2. The minimum Gasteiger partial charge on any atom is -0.264 e. The zero-order valence-electron chi connectivity index (χ0n) is 7.40. The Morgan fingerprint density at radius 1 is 1.31 bits per heavy atom. The molecule has 2 aliphatic rings. The maximum absolute atomic E-state index is 10.9. The summed E-state index contributed by atoms with van der Waals surface area (Å²) >= 11 is 3.65. The summed E-state index contributed by atoms with van der Waals surface area (Å²) in [6.45, 7) is 0. The summed E-state index contributed by atoms with van der Waals surface area (Å²) in [4.78, 5) is 10.8. The number of hydrogen-bond donors (Lipinski definition) is 0. The smallest absolute Gasteiger partial charge is 0.236 e. The molecule has 1 saturated carbocycles. The molecular weight excluding hydrogens is 206 g/mol. The minimum atomic E-state index is -0.293. The van der Waals surface area contributed by atoms with Crippen molar-refractivity contribution in [1.29, 1.82) is 0 Å². The van der Waals surface area contributed by atoms with Gasteiger partial charge in [-0.25, -0.2) is 0 Å². The third-order valence-electron chi connectivity index (χ3n) is 2.79. The summed E-state index contributed by atoms with van der Waals surface area (Å²) in [6, 6.07) is -0.293. The second kappa shape index (κ2) is 3.69. The van der Waals surface area contributed by atoms with Gasteiger partial charge in [0.15, 0.2) is 0 Å². The van der Waals surface area contributed by atoms with Crippen LogP contribution >= 0.6 is 23.5 Å². The Morgan fingerprint density at radius 2 is 2.00 bits per heavy atom. The van der Waals surface area contributed by atoms with Crippen LogP contribution in [-0.2, 0) is 0 Å². The van der Waals surface area contributed by atoms with E-state index < -0.39 is 0 Å². The van der Waals surface area contributed by atoms with Gasteiger partial charge in [-0.1, -0.05) is 6.42 Å². The van der Waals surface area contributed by atoms with Crippen molar-refractivity contribution in [3.63, 3.8) is 0 Å². The van der Waals surface area contributed by atoms with Gasteiger partial charge in [-0.15, -0.1) is 23.5 Å². The first-order valence-corrected chi connectivity index (χ1v) is 6.63. The Balaban J connectivity index is 2.16. The lowest BCUT2D eigenvalue weighted by molar-refractivity contribution is -0.526. The summed E-state index contributed by atoms with van der Waals surface area (Å²) in [5.74, 6) is 2.18. The van der Waals surface area contributed by atoms with Gasteiger partial charge in [0, 0.05) is 22.8 Å². The molecule has 5 heteroatoms. The van der Waals surface area contributed by atoms with Crippen LogP contribution in [-0.4, -0.2) is 26.5 Å². The largest absolute Gasteiger partial charge is 0.264 e. The lowest BCUT2D eigenvalue weighted by atomic mass is 9.95. The van der Waals surface area contributed by atoms with Crippen LogP contribution in [0.2, 0.25) is 0 Å². The average Bonchev–Trinajstić information content (AvgIpc) is 2.54. The third kappa shape index (κ3) is 1.68. The molecule has 0 aromatic rings. The van der Waals surface area contributed by atoms with E-state index in [1.54, 1.807) is 0 Å². The molecule has 0 N–H and O–H groups in total. The van der Waals surface area contributed by atoms with E-state index in [0.717, 1.165) is 30.8 Å². The Labute approximate surface area is 86.2 Å². The standard InChI is InChI=1S/C8H13NO2S2/c10-9(11)7-3-1-2-4-8(7)12-5-6-13-8/h7H,1-6H2. The van der Waals surface area contributed by atoms with Crippen LogP contribution in [0.4, 0.5) is 0 Å². The number of nitro groups is 1. The van der Waals surface area contributed by atoms with Crippen LogP contribution in [0.5, 0.6) is 0 Å². The molecule has 1 atom stereocenters. The fourth-order valence-corrected chi connectivity index (χ4v) is 5.73. The van der Waals surface area contributed by atoms with Crippen LogP contribution in [0, 0.1) is 10.1 Å². The van der Waals surface area contributed by atoms with Crippen LogP contribution in [0.25, 0.3) is 0 Å². The highest BCUT2D eigenvalue weighted by atomic mass is 32.2. The summed E-state index contributed by atoms with van der Waals surface area (Å²) in [5, 5.41) is 10.9. The van der Waals surface area contributed by atoms with Crippen LogP contribution in [0.3, 0.4) is 0 Å². The predicted molar refractivity (Wildman–Crippen MR) is 56.9 cm³/mol. The van der Waals surface area contributed by atoms with Crippen LogP contribution in [0.1, 0.15) is 25.7 Å². The monoisotopic (exact) mass is 219 g/mol. The molecule has 1 heterocycles. The van der Waals surface area contributed by atoms with Gasteiger partial charge in [-0.05, 0) is 12.8 Å². The van der Waals surface area contributed by atoms with Gasteiger partial charge in [0.25, 0.3) is 0 Å². The Bertz CT molecular complexity index is 216. The quantitative estimate of drug-likeness (QED) is 0.501. The zero-order chi connectivity index (χ0) is 9.31. The second-order valence-corrected chi connectivity index (χ2v) is 6.66. The van der Waals surface area contributed by atoms with E-state index in [1.807, 2.05) is 23.5 Å². The average molecular weight is 219 g/mol. The van der Waals surface area contributed by atoms with Crippen molar-refractivity contribution in [2.24, 2.45) is 0 Å². The van der Waals surface area contributed by atoms with Crippen molar-refractivity contribution < 1.29 is 4.92 Å². The van der Waals surface area contributed by atoms with Crippen molar-refractivity contribution in [2.45, 2.75) is 35.8 Å². The van der Waals surface area contributed by atoms with Crippen molar-refractivity contribution in [1.82, 2.24) is 0 Å². The molecule has 0 aromatic heterocycles. The molecular formula is C8H13NO2S2. The molecule has 2 fully saturated rings. The van der Waals surface area contributed by atoms with E-state index in [2.05, 4.69) is 0 Å². The van der Waals surface area contributed by atoms with Crippen molar-refractivity contribution in [3.05, 3.63) is 10.1 Å². The molecule has 0 aromatic carbocycles. The molecule has 1 aliphatic carbocycles. The summed E-state index contributed by atoms with van der Waals surface area (Å²) in [5.41, 5.74) is 0. The number of rotatable bonds is 1. The van der Waals surface area contributed by atoms with Crippen molar-refractivity contribution in [2.75, 3.05) is 11.5 Å². The minimum absolute atomic E-state index is 0.0511. The molecule has 13 heavy (non-hydrogen) atoms. The molecule has 0 amide bonds. The molecule has 1 aliphatic heterocycles. The number of nitrogens with zero attached hydrogens (tertiary/aromatic N) is 1. The molecule has 1 saturated heterocycles. The van der Waals surface area contributed by atoms with Crippen molar-refractivity contribution in [3.8, 4) is 0 Å². The molecule has 2 rings (SSSR count). The Hall–Kier alpha value is 0.1000. The van der Waals surface area contributed by atoms with E-state index in [-0.39, 0.29) is 15.0 Å². The number of hydrogen-bond acceptors (Lipinski definition) is 4. The first-order valence-electron chi connectivity index (χ1n) is 4.66. The predicted octanol–water partition coefficient (Wildman–Crippen LogP) is 2.38. The van der Waals surface area contributed by atoms with Gasteiger partial charge < -0.3 is 0 Å². The van der Waals surface area contributed by atoms with Gasteiger partial charge in [0.2, 0.25) is 6.04 Å². The highest BCUT2D eigenvalue weighted by Crippen LogP contribution is 2.53. The number of thioether (sulfide) groups is 2. The lowest BCUT2D eigenvalue weighted by Gasteiger charge is -2.33. The van der Waals surface area contributed by atoms with E-state index in [0.29, 0.717) is 0 Å². The van der Waals surface area contributed by atoms with Gasteiger partial charge in [0.1, 0.15) is 4.08 Å². The highest BCUT2D eigenvalue weighted by Gasteiger charge is 2.51. The van der Waals surface area contributed by atoms with Gasteiger partial charge >= 0.3 is 0 Å². The van der Waals surface area contributed by atoms with Gasteiger partial charge in [-0.2, -0.15) is 0 Å². The fraction of sp³-hybridized carbons (Fsp3) is 1.00.